The van der Waals surface area contributed by atoms with E-state index in [1.54, 1.807) is 30.8 Å². The van der Waals surface area contributed by atoms with Crippen LogP contribution in [0.5, 0.6) is 5.75 Å². The van der Waals surface area contributed by atoms with Gasteiger partial charge in [0.2, 0.25) is 0 Å². The van der Waals surface area contributed by atoms with Crippen LogP contribution in [0.15, 0.2) is 35.4 Å². The van der Waals surface area contributed by atoms with Gasteiger partial charge in [0.05, 0.1) is 12.2 Å². The van der Waals surface area contributed by atoms with Gasteiger partial charge in [-0.1, -0.05) is 26.7 Å². The average molecular weight is 424 g/mol. The minimum absolute atomic E-state index is 0.00244. The molecule has 0 saturated carbocycles. The lowest BCUT2D eigenvalue weighted by molar-refractivity contribution is 0.0520. The molecule has 0 bridgehead atoms. The topological polar surface area (TPSA) is 48.4 Å². The molecule has 1 aromatic carbocycles. The van der Waals surface area contributed by atoms with Crippen molar-refractivity contribution in [1.82, 2.24) is 4.98 Å². The lowest BCUT2D eigenvalue weighted by Gasteiger charge is -2.42. The number of hydrogen-bond donors (Lipinski definition) is 0. The van der Waals surface area contributed by atoms with E-state index < -0.39 is 0 Å². The maximum atomic E-state index is 11.8. The minimum Gasteiger partial charge on any atom is -0.487 e. The third-order valence-electron chi connectivity index (χ3n) is 4.96. The zero-order chi connectivity index (χ0) is 21.9. The van der Waals surface area contributed by atoms with Crippen LogP contribution in [0.3, 0.4) is 0 Å². The van der Waals surface area contributed by atoms with Crippen LogP contribution in [0.1, 0.15) is 75.1 Å². The molecular weight excluding hydrogens is 394 g/mol. The number of esters is 1. The Kier molecular flexibility index (Phi) is 6.47. The predicted octanol–water partition coefficient (Wildman–Crippen LogP) is 5.61. The Hall–Kier alpha value is -2.45. The van der Waals surface area contributed by atoms with Crippen molar-refractivity contribution < 1.29 is 14.3 Å². The largest absolute Gasteiger partial charge is 0.487 e. The summed E-state index contributed by atoms with van der Waals surface area (Å²) < 4.78 is 11.3. The zero-order valence-electron chi connectivity index (χ0n) is 18.6. The number of carbonyl (C=O) groups excluding carboxylic acids is 1. The Morgan fingerprint density at radius 3 is 2.60 bits per heavy atom. The third-order valence-corrected chi connectivity index (χ3v) is 5.90. The summed E-state index contributed by atoms with van der Waals surface area (Å²) >= 11 is 1.76. The SMILES string of the molecule is CCOC(=O)c1ccc(C#Cc2cc3c(cc2SCC)OC(C)(C)CC3(C)C)nc1. The van der Waals surface area contributed by atoms with Crippen LogP contribution in [0, 0.1) is 11.8 Å². The van der Waals surface area contributed by atoms with E-state index in [1.807, 2.05) is 0 Å². The second-order valence-electron chi connectivity index (χ2n) is 8.60. The number of hydrogen-bond acceptors (Lipinski definition) is 5. The predicted molar refractivity (Wildman–Crippen MR) is 121 cm³/mol. The molecule has 0 radical (unpaired) electrons. The van der Waals surface area contributed by atoms with Gasteiger partial charge < -0.3 is 9.47 Å². The number of benzene rings is 1. The Bertz CT molecular complexity index is 998. The molecule has 1 aliphatic rings. The molecule has 1 aliphatic heterocycles. The number of nitrogens with zero attached hydrogens (tertiary/aromatic N) is 1. The highest BCUT2D eigenvalue weighted by atomic mass is 32.2. The molecule has 4 nitrogen and oxygen atoms in total. The zero-order valence-corrected chi connectivity index (χ0v) is 19.4. The molecule has 0 fully saturated rings. The van der Waals surface area contributed by atoms with Crippen LogP contribution in [0.25, 0.3) is 0 Å². The molecule has 0 spiro atoms. The van der Waals surface area contributed by atoms with Gasteiger partial charge in [0.1, 0.15) is 17.0 Å². The van der Waals surface area contributed by atoms with Gasteiger partial charge in [-0.2, -0.15) is 0 Å². The molecule has 2 aromatic rings. The van der Waals surface area contributed by atoms with Crippen molar-refractivity contribution in [3.63, 3.8) is 0 Å². The molecule has 158 valence electrons. The third kappa shape index (κ3) is 4.99. The van der Waals surface area contributed by atoms with Crippen LogP contribution in [0.4, 0.5) is 0 Å². The Morgan fingerprint density at radius 2 is 1.97 bits per heavy atom. The van der Waals surface area contributed by atoms with Crippen molar-refractivity contribution in [2.45, 2.75) is 63.9 Å². The molecule has 30 heavy (non-hydrogen) atoms. The van der Waals surface area contributed by atoms with Gasteiger partial charge in [0.15, 0.2) is 0 Å². The molecule has 0 atom stereocenters. The lowest BCUT2D eigenvalue weighted by atomic mass is 9.73. The average Bonchev–Trinajstić information content (AvgIpc) is 2.66. The Balaban J connectivity index is 1.96. The summed E-state index contributed by atoms with van der Waals surface area (Å²) in [6.45, 7) is 13.1. The van der Waals surface area contributed by atoms with Crippen LogP contribution in [0.2, 0.25) is 0 Å². The summed E-state index contributed by atoms with van der Waals surface area (Å²) in [6, 6.07) is 7.75. The first-order chi connectivity index (χ1) is 14.1. The highest BCUT2D eigenvalue weighted by Crippen LogP contribution is 2.46. The Morgan fingerprint density at radius 1 is 1.20 bits per heavy atom. The fourth-order valence-electron chi connectivity index (χ4n) is 3.97. The van der Waals surface area contributed by atoms with Crippen molar-refractivity contribution >= 4 is 17.7 Å². The number of thioether (sulfide) groups is 1. The van der Waals surface area contributed by atoms with Crippen LogP contribution >= 0.6 is 11.8 Å². The lowest BCUT2D eigenvalue weighted by Crippen LogP contribution is -2.41. The van der Waals surface area contributed by atoms with Crippen molar-refractivity contribution in [2.24, 2.45) is 0 Å². The molecular formula is C25H29NO3S. The Labute approximate surface area is 183 Å². The maximum Gasteiger partial charge on any atom is 0.339 e. The van der Waals surface area contributed by atoms with Crippen LogP contribution < -0.4 is 4.74 Å². The van der Waals surface area contributed by atoms with E-state index in [-0.39, 0.29) is 17.0 Å². The molecule has 1 aromatic heterocycles. The van der Waals surface area contributed by atoms with Crippen molar-refractivity contribution in [3.8, 4) is 17.6 Å². The van der Waals surface area contributed by atoms with Crippen molar-refractivity contribution in [1.29, 1.82) is 0 Å². The summed E-state index contributed by atoms with van der Waals surface area (Å²) in [6.07, 6.45) is 2.45. The fraction of sp³-hybridized carbons (Fsp3) is 0.440. The molecule has 2 heterocycles. The summed E-state index contributed by atoms with van der Waals surface area (Å²) in [5.74, 6) is 7.97. The van der Waals surface area contributed by atoms with E-state index in [4.69, 9.17) is 9.47 Å². The molecule has 0 amide bonds. The number of fused-ring (bicyclic) bond motifs is 1. The van der Waals surface area contributed by atoms with E-state index in [0.717, 1.165) is 28.4 Å². The standard InChI is InChI=1S/C25H29NO3S/c1-7-28-23(27)18-10-12-19(26-15-18)11-9-17-13-20-21(14-22(17)30-8-2)29-25(5,6)16-24(20,3)4/h10,12-15H,7-8,16H2,1-6H3. The monoisotopic (exact) mass is 423 g/mol. The van der Waals surface area contributed by atoms with Gasteiger partial charge in [-0.05, 0) is 68.5 Å². The first-order valence-corrected chi connectivity index (χ1v) is 11.3. The number of pyridine rings is 1. The molecule has 3 rings (SSSR count). The maximum absolute atomic E-state index is 11.8. The first-order valence-electron chi connectivity index (χ1n) is 10.3. The fourth-order valence-corrected chi connectivity index (χ4v) is 4.74. The van der Waals surface area contributed by atoms with Gasteiger partial charge in [-0.3, -0.25) is 0 Å². The van der Waals surface area contributed by atoms with E-state index in [1.165, 1.54) is 11.8 Å². The highest BCUT2D eigenvalue weighted by Gasteiger charge is 2.39. The molecule has 0 unspecified atom stereocenters. The second kappa shape index (κ2) is 8.73. The quantitative estimate of drug-likeness (QED) is 0.363. The van der Waals surface area contributed by atoms with Gasteiger partial charge in [-0.15, -0.1) is 11.8 Å². The number of aromatic nitrogens is 1. The summed E-state index contributed by atoms with van der Waals surface area (Å²) in [4.78, 5) is 17.2. The smallest absolute Gasteiger partial charge is 0.339 e. The summed E-state index contributed by atoms with van der Waals surface area (Å²) in [5, 5.41) is 0. The summed E-state index contributed by atoms with van der Waals surface area (Å²) in [5.41, 5.74) is 3.03. The number of rotatable bonds is 4. The number of ether oxygens (including phenoxy) is 2. The normalized spacial score (nSPS) is 15.9. The summed E-state index contributed by atoms with van der Waals surface area (Å²) in [7, 11) is 0. The van der Waals surface area contributed by atoms with E-state index in [2.05, 4.69) is 63.6 Å². The number of carbonyl (C=O) groups is 1. The second-order valence-corrected chi connectivity index (χ2v) is 9.91. The van der Waals surface area contributed by atoms with Gasteiger partial charge in [-0.25, -0.2) is 9.78 Å². The van der Waals surface area contributed by atoms with Crippen molar-refractivity contribution in [3.05, 3.63) is 52.8 Å². The van der Waals surface area contributed by atoms with Crippen molar-refractivity contribution in [2.75, 3.05) is 12.4 Å². The van der Waals surface area contributed by atoms with Crippen LogP contribution in [-0.4, -0.2) is 28.9 Å². The highest BCUT2D eigenvalue weighted by molar-refractivity contribution is 7.99. The van der Waals surface area contributed by atoms with Crippen LogP contribution in [-0.2, 0) is 10.2 Å². The molecule has 0 aliphatic carbocycles. The molecule has 5 heteroatoms. The molecule has 0 N–H and O–H groups in total. The molecule has 0 saturated heterocycles. The van der Waals surface area contributed by atoms with E-state index in [9.17, 15) is 4.79 Å². The van der Waals surface area contributed by atoms with E-state index in [0.29, 0.717) is 17.9 Å². The minimum atomic E-state index is -0.369. The first kappa shape index (κ1) is 22.2. The van der Waals surface area contributed by atoms with E-state index >= 15 is 0 Å². The van der Waals surface area contributed by atoms with Gasteiger partial charge in [0, 0.05) is 22.2 Å². The van der Waals surface area contributed by atoms with Gasteiger partial charge >= 0.3 is 5.97 Å². The van der Waals surface area contributed by atoms with Gasteiger partial charge in [0.25, 0.3) is 0 Å².